The maximum absolute atomic E-state index is 14.0. The van der Waals surface area contributed by atoms with E-state index in [0.29, 0.717) is 33.3 Å². The first kappa shape index (κ1) is 26.5. The Kier molecular flexibility index (Phi) is 7.91. The number of hydrogen-bond donors (Lipinski definition) is 1. The zero-order valence-electron chi connectivity index (χ0n) is 21.4. The largest absolute Gasteiger partial charge is 0.352 e. The molecule has 1 aliphatic carbocycles. The molecule has 1 saturated carbocycles. The Balaban J connectivity index is 1.45. The highest BCUT2D eigenvalue weighted by molar-refractivity contribution is 6.36. The van der Waals surface area contributed by atoms with Crippen molar-refractivity contribution in [1.29, 1.82) is 0 Å². The summed E-state index contributed by atoms with van der Waals surface area (Å²) in [5.41, 5.74) is 1.85. The molecule has 3 aromatic rings. The van der Waals surface area contributed by atoms with Crippen LogP contribution in [0.25, 0.3) is 10.8 Å². The van der Waals surface area contributed by atoms with Crippen molar-refractivity contribution in [3.8, 4) is 0 Å². The summed E-state index contributed by atoms with van der Waals surface area (Å²) in [5, 5.41) is 5.81. The van der Waals surface area contributed by atoms with Crippen LogP contribution in [0.5, 0.6) is 0 Å². The van der Waals surface area contributed by atoms with Gasteiger partial charge in [0.1, 0.15) is 12.6 Å². The molecule has 2 aliphatic rings. The molecule has 1 fully saturated rings. The predicted octanol–water partition coefficient (Wildman–Crippen LogP) is 6.36. The topological polar surface area (TPSA) is 69.7 Å². The number of halogens is 2. The Morgan fingerprint density at radius 1 is 1.00 bits per heavy atom. The van der Waals surface area contributed by atoms with Crippen LogP contribution >= 0.6 is 23.2 Å². The molecule has 38 heavy (non-hydrogen) atoms. The molecule has 1 N–H and O–H groups in total. The molecule has 0 spiro atoms. The smallest absolute Gasteiger partial charge is 0.259 e. The highest BCUT2D eigenvalue weighted by Gasteiger charge is 2.36. The van der Waals surface area contributed by atoms with E-state index in [1.54, 1.807) is 24.3 Å². The summed E-state index contributed by atoms with van der Waals surface area (Å²) in [4.78, 5) is 43.9. The van der Waals surface area contributed by atoms with Gasteiger partial charge in [0.15, 0.2) is 0 Å². The number of rotatable bonds is 8. The van der Waals surface area contributed by atoms with Crippen molar-refractivity contribution >= 4 is 57.4 Å². The van der Waals surface area contributed by atoms with Gasteiger partial charge in [0.2, 0.25) is 11.8 Å². The number of nitrogens with zero attached hydrogens (tertiary/aromatic N) is 2. The molecule has 0 radical (unpaired) electrons. The molecule has 0 aromatic heterocycles. The fraction of sp³-hybridized carbons (Fsp3) is 0.367. The van der Waals surface area contributed by atoms with Gasteiger partial charge in [0, 0.05) is 39.1 Å². The Hall–Kier alpha value is -3.09. The van der Waals surface area contributed by atoms with E-state index in [0.717, 1.165) is 36.5 Å². The molecular weight excluding hydrogens is 521 g/mol. The SMILES string of the molecule is CCC(C(=O)NC1CCCCC1)N(Cc1c(Cl)cccc1Cl)C(=O)CN1C(=O)c2cccc3cccc1c23. The van der Waals surface area contributed by atoms with Crippen LogP contribution in [0.4, 0.5) is 5.69 Å². The number of amides is 3. The summed E-state index contributed by atoms with van der Waals surface area (Å²) in [6.45, 7) is 1.76. The van der Waals surface area contributed by atoms with Crippen molar-refractivity contribution in [2.24, 2.45) is 0 Å². The number of anilines is 1. The Morgan fingerprint density at radius 3 is 2.34 bits per heavy atom. The van der Waals surface area contributed by atoms with Gasteiger partial charge in [0.05, 0.1) is 5.69 Å². The number of carbonyl (C=O) groups excluding carboxylic acids is 3. The summed E-state index contributed by atoms with van der Waals surface area (Å²) in [6, 6.07) is 15.8. The summed E-state index contributed by atoms with van der Waals surface area (Å²) >= 11 is 13.0. The molecular formula is C30H31Cl2N3O3. The molecule has 5 rings (SSSR count). The number of nitrogens with one attached hydrogen (secondary N) is 1. The lowest BCUT2D eigenvalue weighted by Gasteiger charge is -2.34. The minimum atomic E-state index is -0.729. The highest BCUT2D eigenvalue weighted by Crippen LogP contribution is 2.37. The van der Waals surface area contributed by atoms with Crippen molar-refractivity contribution in [3.63, 3.8) is 0 Å². The normalized spacial score (nSPS) is 16.1. The van der Waals surface area contributed by atoms with Gasteiger partial charge < -0.3 is 10.2 Å². The molecule has 1 unspecified atom stereocenters. The predicted molar refractivity (Wildman–Crippen MR) is 152 cm³/mol. The van der Waals surface area contributed by atoms with E-state index < -0.39 is 6.04 Å². The van der Waals surface area contributed by atoms with Crippen LogP contribution in [0.15, 0.2) is 54.6 Å². The minimum Gasteiger partial charge on any atom is -0.352 e. The van der Waals surface area contributed by atoms with Gasteiger partial charge in [-0.2, -0.15) is 0 Å². The van der Waals surface area contributed by atoms with Crippen LogP contribution < -0.4 is 10.2 Å². The van der Waals surface area contributed by atoms with Gasteiger partial charge in [-0.1, -0.05) is 79.7 Å². The first-order chi connectivity index (χ1) is 18.4. The van der Waals surface area contributed by atoms with Crippen LogP contribution in [0.2, 0.25) is 10.0 Å². The van der Waals surface area contributed by atoms with Crippen LogP contribution in [-0.4, -0.2) is 41.2 Å². The van der Waals surface area contributed by atoms with E-state index in [1.807, 2.05) is 37.3 Å². The zero-order valence-corrected chi connectivity index (χ0v) is 22.9. The summed E-state index contributed by atoms with van der Waals surface area (Å²) in [7, 11) is 0. The second kappa shape index (κ2) is 11.3. The Morgan fingerprint density at radius 2 is 1.66 bits per heavy atom. The first-order valence-electron chi connectivity index (χ1n) is 13.3. The lowest BCUT2D eigenvalue weighted by atomic mass is 9.95. The van der Waals surface area contributed by atoms with Gasteiger partial charge in [-0.15, -0.1) is 0 Å². The summed E-state index contributed by atoms with van der Waals surface area (Å²) in [5.74, 6) is -0.751. The van der Waals surface area contributed by atoms with Gasteiger partial charge in [-0.05, 0) is 48.9 Å². The van der Waals surface area contributed by atoms with Crippen LogP contribution in [0, 0.1) is 0 Å². The van der Waals surface area contributed by atoms with Crippen molar-refractivity contribution in [2.45, 2.75) is 64.1 Å². The molecule has 6 nitrogen and oxygen atoms in total. The molecule has 1 atom stereocenters. The van der Waals surface area contributed by atoms with Gasteiger partial charge in [-0.3, -0.25) is 19.3 Å². The number of benzene rings is 3. The molecule has 0 saturated heterocycles. The standard InChI is InChI=1S/C30H31Cl2N3O3/c1-2-25(29(37)33-20-11-4-3-5-12-20)34(17-22-23(31)14-8-15-24(22)32)27(36)18-35-26-16-7-10-19-9-6-13-21(28(19)26)30(35)38/h6-10,13-16,20,25H,2-5,11-12,17-18H2,1H3,(H,33,37). The third-order valence-electron chi connectivity index (χ3n) is 7.67. The molecule has 1 heterocycles. The molecule has 3 aromatic carbocycles. The van der Waals surface area contributed by atoms with E-state index in [9.17, 15) is 14.4 Å². The Labute approximate surface area is 232 Å². The zero-order chi connectivity index (χ0) is 26.8. The summed E-state index contributed by atoms with van der Waals surface area (Å²) in [6.07, 6.45) is 5.65. The van der Waals surface area contributed by atoms with Crippen molar-refractivity contribution in [1.82, 2.24) is 10.2 Å². The fourth-order valence-electron chi connectivity index (χ4n) is 5.68. The van der Waals surface area contributed by atoms with Crippen molar-refractivity contribution < 1.29 is 14.4 Å². The van der Waals surface area contributed by atoms with E-state index in [1.165, 1.54) is 16.2 Å². The van der Waals surface area contributed by atoms with E-state index in [4.69, 9.17) is 23.2 Å². The van der Waals surface area contributed by atoms with Crippen LogP contribution in [-0.2, 0) is 16.1 Å². The third kappa shape index (κ3) is 5.12. The quantitative estimate of drug-likeness (QED) is 0.354. The lowest BCUT2D eigenvalue weighted by molar-refractivity contribution is -0.140. The van der Waals surface area contributed by atoms with Crippen molar-refractivity contribution in [2.75, 3.05) is 11.4 Å². The molecule has 0 bridgehead atoms. The minimum absolute atomic E-state index is 0.0626. The van der Waals surface area contributed by atoms with Gasteiger partial charge in [0.25, 0.3) is 5.91 Å². The van der Waals surface area contributed by atoms with E-state index >= 15 is 0 Å². The van der Waals surface area contributed by atoms with E-state index in [-0.39, 0.29) is 36.9 Å². The second-order valence-corrected chi connectivity index (χ2v) is 10.9. The third-order valence-corrected chi connectivity index (χ3v) is 8.38. The maximum Gasteiger partial charge on any atom is 0.259 e. The Bertz CT molecular complexity index is 1360. The van der Waals surface area contributed by atoms with Crippen LogP contribution in [0.1, 0.15) is 61.4 Å². The molecule has 1 aliphatic heterocycles. The monoisotopic (exact) mass is 551 g/mol. The van der Waals surface area contributed by atoms with E-state index in [2.05, 4.69) is 5.32 Å². The fourth-order valence-corrected chi connectivity index (χ4v) is 6.20. The van der Waals surface area contributed by atoms with Gasteiger partial charge in [-0.25, -0.2) is 0 Å². The lowest BCUT2D eigenvalue weighted by Crippen LogP contribution is -2.53. The average molecular weight is 553 g/mol. The molecule has 8 heteroatoms. The second-order valence-electron chi connectivity index (χ2n) is 10.1. The van der Waals surface area contributed by atoms with Gasteiger partial charge >= 0.3 is 0 Å². The van der Waals surface area contributed by atoms with Crippen LogP contribution in [0.3, 0.4) is 0 Å². The number of hydrogen-bond acceptors (Lipinski definition) is 3. The first-order valence-corrected chi connectivity index (χ1v) is 14.0. The average Bonchev–Trinajstić information content (AvgIpc) is 3.18. The molecule has 198 valence electrons. The molecule has 3 amide bonds. The van der Waals surface area contributed by atoms with Crippen molar-refractivity contribution in [3.05, 3.63) is 75.8 Å². The maximum atomic E-state index is 14.0. The highest BCUT2D eigenvalue weighted by atomic mass is 35.5. The summed E-state index contributed by atoms with van der Waals surface area (Å²) < 4.78 is 0. The number of carbonyl (C=O) groups is 3.